The van der Waals surface area contributed by atoms with E-state index in [1.165, 1.54) is 0 Å². The van der Waals surface area contributed by atoms with Crippen LogP contribution in [0.1, 0.15) is 5.56 Å². The fraction of sp³-hybridized carbons (Fsp3) is 0.0417. The number of para-hydroxylation sites is 1. The van der Waals surface area contributed by atoms with E-state index in [0.717, 1.165) is 16.6 Å². The van der Waals surface area contributed by atoms with Crippen LogP contribution in [-0.4, -0.2) is 19.1 Å². The molecule has 0 bridgehead atoms. The third-order valence-electron chi connectivity index (χ3n) is 4.92. The van der Waals surface area contributed by atoms with Gasteiger partial charge in [0.05, 0.1) is 12.0 Å². The summed E-state index contributed by atoms with van der Waals surface area (Å²) in [5.41, 5.74) is 3.65. The van der Waals surface area contributed by atoms with Gasteiger partial charge in [-0.3, -0.25) is 9.36 Å². The number of rotatable bonds is 4. The summed E-state index contributed by atoms with van der Waals surface area (Å²) in [4.78, 5) is 22.5. The summed E-state index contributed by atoms with van der Waals surface area (Å²) < 4.78 is 3.56. The first-order valence-electron chi connectivity index (χ1n) is 9.44. The van der Waals surface area contributed by atoms with Crippen molar-refractivity contribution < 1.29 is 0 Å². The van der Waals surface area contributed by atoms with Gasteiger partial charge in [0.25, 0.3) is 5.56 Å². The Bertz CT molecular complexity index is 1380. The Morgan fingerprint density at radius 3 is 2.41 bits per heavy atom. The van der Waals surface area contributed by atoms with Crippen LogP contribution >= 0.6 is 0 Å². The lowest BCUT2D eigenvalue weighted by atomic mass is 10.2. The van der Waals surface area contributed by atoms with Gasteiger partial charge in [-0.2, -0.15) is 0 Å². The minimum atomic E-state index is -0.122. The molecule has 5 nitrogen and oxygen atoms in total. The molecule has 29 heavy (non-hydrogen) atoms. The molecule has 2 aromatic carbocycles. The summed E-state index contributed by atoms with van der Waals surface area (Å²) in [7, 11) is 0. The topological polar surface area (TPSA) is 52.7 Å². The standard InChI is InChI=1S/C24H18N4O/c29-24-22-21(26-17-27(22)16-8-11-18-9-3-1-4-10-18)20-14-7-15-25-23(20)28(24)19-12-5-2-6-13-19/h1-15,17H,16H2/b11-8+. The Morgan fingerprint density at radius 1 is 0.862 bits per heavy atom. The van der Waals surface area contributed by atoms with Crippen LogP contribution < -0.4 is 5.56 Å². The van der Waals surface area contributed by atoms with Crippen molar-refractivity contribution in [1.29, 1.82) is 0 Å². The highest BCUT2D eigenvalue weighted by Crippen LogP contribution is 2.22. The number of nitrogens with zero attached hydrogens (tertiary/aromatic N) is 4. The lowest BCUT2D eigenvalue weighted by Gasteiger charge is -2.11. The first-order valence-corrected chi connectivity index (χ1v) is 9.44. The largest absolute Gasteiger partial charge is 0.322 e. The van der Waals surface area contributed by atoms with Gasteiger partial charge in [-0.15, -0.1) is 0 Å². The molecule has 0 aliphatic rings. The predicted octanol–water partition coefficient (Wildman–Crippen LogP) is 4.45. The van der Waals surface area contributed by atoms with Crippen LogP contribution in [0.5, 0.6) is 0 Å². The number of allylic oxidation sites excluding steroid dienone is 1. The minimum Gasteiger partial charge on any atom is -0.322 e. The van der Waals surface area contributed by atoms with Gasteiger partial charge in [0.1, 0.15) is 16.7 Å². The molecule has 0 N–H and O–H groups in total. The van der Waals surface area contributed by atoms with E-state index < -0.39 is 0 Å². The maximum absolute atomic E-state index is 13.5. The molecule has 0 amide bonds. The second-order valence-corrected chi connectivity index (χ2v) is 6.76. The average molecular weight is 378 g/mol. The number of pyridine rings is 2. The second-order valence-electron chi connectivity index (χ2n) is 6.76. The molecule has 140 valence electrons. The van der Waals surface area contributed by atoms with Gasteiger partial charge in [0.15, 0.2) is 0 Å². The van der Waals surface area contributed by atoms with E-state index in [9.17, 15) is 4.79 Å². The highest BCUT2D eigenvalue weighted by Gasteiger charge is 2.17. The smallest absolute Gasteiger partial charge is 0.282 e. The molecule has 0 aliphatic carbocycles. The Morgan fingerprint density at radius 2 is 1.62 bits per heavy atom. The third kappa shape index (κ3) is 3.02. The summed E-state index contributed by atoms with van der Waals surface area (Å²) in [5.74, 6) is 0. The fourth-order valence-electron chi connectivity index (χ4n) is 3.59. The Balaban J connectivity index is 1.69. The molecule has 0 atom stereocenters. The molecule has 5 aromatic rings. The lowest BCUT2D eigenvalue weighted by Crippen LogP contribution is -2.21. The maximum atomic E-state index is 13.5. The summed E-state index contributed by atoms with van der Waals surface area (Å²) in [6.07, 6.45) is 7.51. The van der Waals surface area contributed by atoms with Crippen molar-refractivity contribution in [2.45, 2.75) is 6.54 Å². The summed E-state index contributed by atoms with van der Waals surface area (Å²) in [6.45, 7) is 0.557. The quantitative estimate of drug-likeness (QED) is 0.464. The van der Waals surface area contributed by atoms with Crippen molar-refractivity contribution in [1.82, 2.24) is 19.1 Å². The summed E-state index contributed by atoms with van der Waals surface area (Å²) >= 11 is 0. The van der Waals surface area contributed by atoms with Gasteiger partial charge in [0.2, 0.25) is 0 Å². The molecule has 5 rings (SSSR count). The number of benzene rings is 2. The highest BCUT2D eigenvalue weighted by molar-refractivity contribution is 6.01. The molecule has 0 aliphatic heterocycles. The van der Waals surface area contributed by atoms with Gasteiger partial charge in [0, 0.05) is 18.1 Å². The zero-order chi connectivity index (χ0) is 19.6. The van der Waals surface area contributed by atoms with Crippen LogP contribution in [0.3, 0.4) is 0 Å². The van der Waals surface area contributed by atoms with Crippen LogP contribution in [0.25, 0.3) is 33.8 Å². The Kier molecular flexibility index (Phi) is 4.26. The second kappa shape index (κ2) is 7.20. The van der Waals surface area contributed by atoms with Crippen molar-refractivity contribution in [2.24, 2.45) is 0 Å². The van der Waals surface area contributed by atoms with Gasteiger partial charge in [-0.05, 0) is 29.8 Å². The zero-order valence-corrected chi connectivity index (χ0v) is 15.6. The lowest BCUT2D eigenvalue weighted by molar-refractivity contribution is 0.842. The van der Waals surface area contributed by atoms with Crippen molar-refractivity contribution >= 4 is 28.1 Å². The van der Waals surface area contributed by atoms with Crippen LogP contribution in [0.15, 0.2) is 96.2 Å². The van der Waals surface area contributed by atoms with Crippen LogP contribution in [0, 0.1) is 0 Å². The van der Waals surface area contributed by atoms with Crippen LogP contribution in [0.2, 0.25) is 0 Å². The number of imidazole rings is 1. The van der Waals surface area contributed by atoms with Gasteiger partial charge >= 0.3 is 0 Å². The Hall–Kier alpha value is -3.99. The molecule has 0 saturated carbocycles. The van der Waals surface area contributed by atoms with E-state index in [1.54, 1.807) is 17.1 Å². The molecule has 0 radical (unpaired) electrons. The minimum absolute atomic E-state index is 0.122. The molecule has 0 spiro atoms. The van der Waals surface area contributed by atoms with E-state index in [-0.39, 0.29) is 5.56 Å². The van der Waals surface area contributed by atoms with Crippen molar-refractivity contribution in [3.8, 4) is 5.69 Å². The predicted molar refractivity (Wildman–Crippen MR) is 116 cm³/mol. The summed E-state index contributed by atoms with van der Waals surface area (Å²) in [6, 6.07) is 23.5. The van der Waals surface area contributed by atoms with Gasteiger partial charge < -0.3 is 4.57 Å². The van der Waals surface area contributed by atoms with Gasteiger partial charge in [-0.25, -0.2) is 9.97 Å². The fourth-order valence-corrected chi connectivity index (χ4v) is 3.59. The van der Waals surface area contributed by atoms with Crippen molar-refractivity contribution in [3.05, 3.63) is 107 Å². The molecular formula is C24H18N4O. The zero-order valence-electron chi connectivity index (χ0n) is 15.6. The van der Waals surface area contributed by atoms with E-state index in [4.69, 9.17) is 0 Å². The highest BCUT2D eigenvalue weighted by atomic mass is 16.1. The summed E-state index contributed by atoms with van der Waals surface area (Å²) in [5, 5.41) is 0.858. The van der Waals surface area contributed by atoms with Crippen LogP contribution in [0.4, 0.5) is 0 Å². The van der Waals surface area contributed by atoms with E-state index in [1.807, 2.05) is 89.5 Å². The normalized spacial score (nSPS) is 11.6. The van der Waals surface area contributed by atoms with Crippen LogP contribution in [-0.2, 0) is 6.54 Å². The molecule has 3 aromatic heterocycles. The van der Waals surface area contributed by atoms with Crippen molar-refractivity contribution in [2.75, 3.05) is 0 Å². The first kappa shape index (κ1) is 17.1. The van der Waals surface area contributed by atoms with E-state index >= 15 is 0 Å². The number of hydrogen-bond acceptors (Lipinski definition) is 3. The maximum Gasteiger partial charge on any atom is 0.282 e. The van der Waals surface area contributed by atoms with Gasteiger partial charge in [-0.1, -0.05) is 60.7 Å². The number of fused-ring (bicyclic) bond motifs is 3. The SMILES string of the molecule is O=c1c2c(ncn2C/C=C/c2ccccc2)c2cccnc2n1-c1ccccc1. The van der Waals surface area contributed by atoms with E-state index in [0.29, 0.717) is 23.2 Å². The Labute approximate surface area is 167 Å². The molecule has 3 heterocycles. The number of aromatic nitrogens is 4. The molecule has 0 fully saturated rings. The van der Waals surface area contributed by atoms with Crippen molar-refractivity contribution in [3.63, 3.8) is 0 Å². The van der Waals surface area contributed by atoms with E-state index in [2.05, 4.69) is 9.97 Å². The number of hydrogen-bond donors (Lipinski definition) is 0. The monoisotopic (exact) mass is 378 g/mol. The third-order valence-corrected chi connectivity index (χ3v) is 4.92. The molecule has 0 saturated heterocycles. The molecular weight excluding hydrogens is 360 g/mol. The molecule has 5 heteroatoms. The molecule has 0 unspecified atom stereocenters. The first-order chi connectivity index (χ1) is 14.3. The average Bonchev–Trinajstić information content (AvgIpc) is 3.20.